The number of nitriles is 1. The van der Waals surface area contributed by atoms with Gasteiger partial charge in [-0.05, 0) is 99.7 Å². The van der Waals surface area contributed by atoms with Crippen molar-refractivity contribution in [2.75, 3.05) is 49.9 Å². The fraction of sp³-hybridized carbons (Fsp3) is 0.477. The Morgan fingerprint density at radius 1 is 0.949 bits per heavy atom. The number of benzene rings is 2. The number of alkyl halides is 3. The van der Waals surface area contributed by atoms with Gasteiger partial charge < -0.3 is 28.9 Å². The first-order valence-corrected chi connectivity index (χ1v) is 20.9. The van der Waals surface area contributed by atoms with Gasteiger partial charge in [0.25, 0.3) is 0 Å². The topological polar surface area (TPSA) is 117 Å². The number of pyridine rings is 1. The van der Waals surface area contributed by atoms with Gasteiger partial charge in [0.05, 0.1) is 49.7 Å². The molecule has 11 nitrogen and oxygen atoms in total. The van der Waals surface area contributed by atoms with E-state index < -0.39 is 35.4 Å². The van der Waals surface area contributed by atoms with Crippen molar-refractivity contribution in [3.8, 4) is 17.6 Å². The van der Waals surface area contributed by atoms with Crippen LogP contribution in [0.15, 0.2) is 59.8 Å². The number of hydrogen-bond donors (Lipinski definition) is 0. The Labute approximate surface area is 348 Å². The summed E-state index contributed by atoms with van der Waals surface area (Å²) in [7, 11) is 3.20. The molecule has 0 radical (unpaired) electrons. The van der Waals surface area contributed by atoms with Gasteiger partial charge in [-0.15, -0.1) is 0 Å². The zero-order valence-electron chi connectivity index (χ0n) is 34.9. The Hall–Kier alpha value is -5.23. The number of piperazine rings is 1. The molecule has 15 heteroatoms. The van der Waals surface area contributed by atoms with E-state index in [0.29, 0.717) is 73.1 Å². The molecule has 59 heavy (non-hydrogen) atoms. The average Bonchev–Trinajstić information content (AvgIpc) is 3.19. The number of anilines is 2. The quantitative estimate of drug-likeness (QED) is 0.107. The van der Waals surface area contributed by atoms with Crippen LogP contribution in [0.4, 0.5) is 29.6 Å². The molecular weight excluding hydrogens is 780 g/mol. The van der Waals surface area contributed by atoms with Crippen molar-refractivity contribution in [3.63, 3.8) is 0 Å². The van der Waals surface area contributed by atoms with Crippen molar-refractivity contribution < 1.29 is 32.2 Å². The second kappa shape index (κ2) is 17.9. The number of methoxy groups -OCH3 is 2. The molecule has 1 aliphatic carbocycles. The van der Waals surface area contributed by atoms with Gasteiger partial charge in [0.1, 0.15) is 28.7 Å². The summed E-state index contributed by atoms with van der Waals surface area (Å²) in [5, 5.41) is 10.2. The lowest BCUT2D eigenvalue weighted by atomic mass is 9.75. The van der Waals surface area contributed by atoms with E-state index in [-0.39, 0.29) is 30.0 Å². The molecule has 0 unspecified atom stereocenters. The normalized spacial score (nSPS) is 18.2. The van der Waals surface area contributed by atoms with E-state index in [1.54, 1.807) is 46.0 Å². The molecule has 2 aromatic carbocycles. The summed E-state index contributed by atoms with van der Waals surface area (Å²) in [6.45, 7) is 10.8. The molecule has 2 aromatic heterocycles. The fourth-order valence-corrected chi connectivity index (χ4v) is 8.33. The molecule has 1 fully saturated rings. The van der Waals surface area contributed by atoms with Gasteiger partial charge in [-0.2, -0.15) is 18.4 Å². The van der Waals surface area contributed by atoms with Crippen LogP contribution in [-0.4, -0.2) is 77.7 Å². The molecule has 1 aliphatic heterocycles. The average molecular weight is 832 g/mol. The number of amides is 1. The minimum absolute atomic E-state index is 0.00559. The number of thioether (sulfide) groups is 1. The molecule has 3 heterocycles. The molecule has 0 spiro atoms. The SMILES string of the molecule is COc1ccc(CN(Cc2ccc(OC)cc2)c2cc(C)c(C(F)(F)F)c([C@H]3Cc4nc(SC)nc(N5CCN(C(=O)OC(C)(C)C)[C@@H](CC#N)C5)c4C[C@@H]3C)n2)cc1. The highest BCUT2D eigenvalue weighted by Crippen LogP contribution is 2.46. The van der Waals surface area contributed by atoms with Crippen molar-refractivity contribution >= 4 is 29.5 Å². The van der Waals surface area contributed by atoms with Crippen LogP contribution in [0.25, 0.3) is 0 Å². The summed E-state index contributed by atoms with van der Waals surface area (Å²) in [6.07, 6.45) is -2.50. The van der Waals surface area contributed by atoms with E-state index in [9.17, 15) is 10.1 Å². The number of halogens is 3. The number of fused-ring (bicyclic) bond motifs is 1. The van der Waals surface area contributed by atoms with Gasteiger partial charge in [0, 0.05) is 44.2 Å². The number of ether oxygens (including phenoxy) is 3. The maximum absolute atomic E-state index is 15.2. The molecule has 1 saturated heterocycles. The van der Waals surface area contributed by atoms with E-state index in [2.05, 4.69) is 11.0 Å². The zero-order chi connectivity index (χ0) is 42.6. The van der Waals surface area contributed by atoms with Crippen LogP contribution in [0.5, 0.6) is 11.5 Å². The Morgan fingerprint density at radius 2 is 1.56 bits per heavy atom. The predicted octanol–water partition coefficient (Wildman–Crippen LogP) is 9.00. The van der Waals surface area contributed by atoms with Crippen LogP contribution in [0.1, 0.15) is 79.2 Å². The standard InChI is InChI=1S/C44H52F3N7O4S/c1-27-21-35-36(49-41(59-8)51-40(35)52-19-20-54(31(26-52)17-18-48)42(55)58-43(3,4)5)23-34(27)39-38(44(45,46)47)28(2)22-37(50-39)53(24-29-9-13-32(56-6)14-10-29)25-30-11-15-33(57-7)16-12-30/h9-16,22,27,31,34H,17,19-21,23-26H2,1-8H3/t27-,31-,34-/m0/s1. The molecule has 0 N–H and O–H groups in total. The van der Waals surface area contributed by atoms with Crippen molar-refractivity contribution in [1.29, 1.82) is 5.26 Å². The lowest BCUT2D eigenvalue weighted by Gasteiger charge is -2.42. The van der Waals surface area contributed by atoms with Gasteiger partial charge in [-0.1, -0.05) is 43.0 Å². The number of carbonyl (C=O) groups is 1. The number of rotatable bonds is 11. The summed E-state index contributed by atoms with van der Waals surface area (Å²) in [5.41, 5.74) is 2.13. The van der Waals surface area contributed by atoms with Crippen LogP contribution in [0.3, 0.4) is 0 Å². The van der Waals surface area contributed by atoms with Crippen LogP contribution >= 0.6 is 11.8 Å². The van der Waals surface area contributed by atoms with Crippen molar-refractivity contribution in [3.05, 3.63) is 93.8 Å². The third kappa shape index (κ3) is 10.1. The summed E-state index contributed by atoms with van der Waals surface area (Å²) in [5.74, 6) is 1.67. The van der Waals surface area contributed by atoms with Gasteiger partial charge in [-0.3, -0.25) is 0 Å². The summed E-state index contributed by atoms with van der Waals surface area (Å²) in [4.78, 5) is 33.6. The summed E-state index contributed by atoms with van der Waals surface area (Å²) >= 11 is 1.36. The second-order valence-electron chi connectivity index (χ2n) is 16.2. The van der Waals surface area contributed by atoms with Crippen LogP contribution in [0, 0.1) is 24.2 Å². The molecular formula is C44H52F3N7O4S. The minimum Gasteiger partial charge on any atom is -0.497 e. The Kier molecular flexibility index (Phi) is 13.2. The largest absolute Gasteiger partial charge is 0.497 e. The van der Waals surface area contributed by atoms with E-state index in [4.69, 9.17) is 29.2 Å². The van der Waals surface area contributed by atoms with Crippen LogP contribution < -0.4 is 19.3 Å². The van der Waals surface area contributed by atoms with Gasteiger partial charge in [0.2, 0.25) is 0 Å². The second-order valence-corrected chi connectivity index (χ2v) is 17.0. The number of nitrogens with zero attached hydrogens (tertiary/aromatic N) is 7. The lowest BCUT2D eigenvalue weighted by molar-refractivity contribution is -0.139. The molecule has 0 bridgehead atoms. The van der Waals surface area contributed by atoms with Crippen molar-refractivity contribution in [2.24, 2.45) is 5.92 Å². The summed E-state index contributed by atoms with van der Waals surface area (Å²) < 4.78 is 62.0. The Bertz CT molecular complexity index is 2110. The first-order valence-electron chi connectivity index (χ1n) is 19.7. The molecule has 314 valence electrons. The molecule has 0 saturated carbocycles. The fourth-order valence-electron chi connectivity index (χ4n) is 7.95. The summed E-state index contributed by atoms with van der Waals surface area (Å²) in [6, 6.07) is 18.5. The number of aromatic nitrogens is 3. The zero-order valence-corrected chi connectivity index (χ0v) is 35.7. The monoisotopic (exact) mass is 831 g/mol. The smallest absolute Gasteiger partial charge is 0.418 e. The van der Waals surface area contributed by atoms with Crippen molar-refractivity contribution in [2.45, 2.75) is 95.9 Å². The number of aryl methyl sites for hydroxylation is 1. The Balaban J connectivity index is 1.38. The maximum atomic E-state index is 15.2. The molecule has 6 rings (SSSR count). The lowest BCUT2D eigenvalue weighted by Crippen LogP contribution is -2.56. The molecule has 4 aromatic rings. The first kappa shape index (κ1) is 43.4. The number of carbonyl (C=O) groups excluding carboxylic acids is 1. The third-order valence-electron chi connectivity index (χ3n) is 10.9. The van der Waals surface area contributed by atoms with E-state index in [0.717, 1.165) is 16.7 Å². The van der Waals surface area contributed by atoms with Crippen LogP contribution in [0.2, 0.25) is 0 Å². The third-order valence-corrected chi connectivity index (χ3v) is 11.4. The van der Waals surface area contributed by atoms with E-state index in [1.807, 2.05) is 66.6 Å². The van der Waals surface area contributed by atoms with Gasteiger partial charge >= 0.3 is 12.3 Å². The Morgan fingerprint density at radius 3 is 2.08 bits per heavy atom. The predicted molar refractivity (Wildman–Crippen MR) is 222 cm³/mol. The van der Waals surface area contributed by atoms with Crippen molar-refractivity contribution in [1.82, 2.24) is 19.9 Å². The molecule has 1 amide bonds. The van der Waals surface area contributed by atoms with Crippen LogP contribution in [-0.2, 0) is 36.8 Å². The highest BCUT2D eigenvalue weighted by Gasteiger charge is 2.43. The highest BCUT2D eigenvalue weighted by atomic mass is 32.2. The van der Waals surface area contributed by atoms with Gasteiger partial charge in [0.15, 0.2) is 5.16 Å². The van der Waals surface area contributed by atoms with E-state index in [1.165, 1.54) is 18.7 Å². The maximum Gasteiger partial charge on any atom is 0.418 e. The molecule has 2 aliphatic rings. The van der Waals surface area contributed by atoms with Gasteiger partial charge in [-0.25, -0.2) is 19.7 Å². The minimum atomic E-state index is -4.65. The number of hydrogen-bond acceptors (Lipinski definition) is 11. The molecule has 3 atom stereocenters. The van der Waals surface area contributed by atoms with E-state index >= 15 is 13.2 Å². The highest BCUT2D eigenvalue weighted by molar-refractivity contribution is 7.98. The first-order chi connectivity index (χ1) is 28.0.